The fourth-order valence-corrected chi connectivity index (χ4v) is 4.18. The first kappa shape index (κ1) is 21.2. The molecule has 0 radical (unpaired) electrons. The van der Waals surface area contributed by atoms with Gasteiger partial charge in [-0.1, -0.05) is 43.7 Å². The number of carbonyl (C=O) groups excluding carboxylic acids is 1. The third kappa shape index (κ3) is 5.54. The average Bonchev–Trinajstić information content (AvgIpc) is 3.23. The Morgan fingerprint density at radius 1 is 1.17 bits per heavy atom. The smallest absolute Gasteiger partial charge is 0.224 e. The number of rotatable bonds is 8. The summed E-state index contributed by atoms with van der Waals surface area (Å²) in [6.45, 7) is 11.9. The third-order valence-electron chi connectivity index (χ3n) is 4.96. The van der Waals surface area contributed by atoms with E-state index >= 15 is 0 Å². The van der Waals surface area contributed by atoms with Crippen molar-refractivity contribution in [2.75, 3.05) is 6.54 Å². The predicted molar refractivity (Wildman–Crippen MR) is 119 cm³/mol. The zero-order valence-electron chi connectivity index (χ0n) is 18.0. The summed E-state index contributed by atoms with van der Waals surface area (Å²) < 4.78 is 2.02. The topological polar surface area (TPSA) is 59.8 Å². The van der Waals surface area contributed by atoms with Gasteiger partial charge >= 0.3 is 0 Å². The number of aromatic nitrogens is 3. The van der Waals surface area contributed by atoms with E-state index in [0.717, 1.165) is 46.2 Å². The van der Waals surface area contributed by atoms with E-state index in [1.54, 1.807) is 11.3 Å². The number of nitrogens with zero attached hydrogens (tertiary/aromatic N) is 3. The maximum atomic E-state index is 12.4. The fourth-order valence-electron chi connectivity index (χ4n) is 3.32. The Morgan fingerprint density at radius 3 is 2.59 bits per heavy atom. The molecule has 0 aliphatic carbocycles. The number of aryl methyl sites for hydroxylation is 2. The lowest BCUT2D eigenvalue weighted by molar-refractivity contribution is -0.120. The number of thiazole rings is 1. The quantitative estimate of drug-likeness (QED) is 0.595. The van der Waals surface area contributed by atoms with Gasteiger partial charge in [-0.05, 0) is 26.7 Å². The molecular formula is C23H30N4OS. The molecule has 3 aromatic rings. The first-order chi connectivity index (χ1) is 13.8. The molecule has 1 N–H and O–H groups in total. The number of nitrogens with one attached hydrogen (secondary N) is 1. The van der Waals surface area contributed by atoms with Crippen LogP contribution in [0.2, 0.25) is 0 Å². The molecule has 1 aromatic carbocycles. The minimum atomic E-state index is 0.0364. The molecule has 0 unspecified atom stereocenters. The summed E-state index contributed by atoms with van der Waals surface area (Å²) in [5.74, 6) is 0.562. The van der Waals surface area contributed by atoms with Crippen LogP contribution in [0, 0.1) is 26.7 Å². The van der Waals surface area contributed by atoms with Crippen LogP contribution in [-0.2, 0) is 24.2 Å². The Balaban J connectivity index is 1.52. The second-order valence-corrected chi connectivity index (χ2v) is 8.87. The monoisotopic (exact) mass is 410 g/mol. The molecule has 0 atom stereocenters. The van der Waals surface area contributed by atoms with Crippen molar-refractivity contribution in [1.82, 2.24) is 20.1 Å². The standard InChI is InChI=1S/C23H30N4OS/c1-15(2)13-27-18(5)21(17(4)26-27)12-22(28)24-11-10-20-14-29-23(25-20)19-8-6-16(3)7-9-19/h6-9,14-15H,10-13H2,1-5H3,(H,24,28). The van der Waals surface area contributed by atoms with Crippen LogP contribution in [0.1, 0.15) is 42.1 Å². The van der Waals surface area contributed by atoms with Crippen molar-refractivity contribution in [3.05, 3.63) is 57.9 Å². The molecule has 0 saturated carbocycles. The first-order valence-electron chi connectivity index (χ1n) is 10.1. The van der Waals surface area contributed by atoms with Gasteiger partial charge in [0.2, 0.25) is 5.91 Å². The van der Waals surface area contributed by atoms with Crippen LogP contribution in [0.5, 0.6) is 0 Å². The van der Waals surface area contributed by atoms with E-state index < -0.39 is 0 Å². The molecule has 0 aliphatic rings. The SMILES string of the molecule is Cc1ccc(-c2nc(CCNC(=O)Cc3c(C)nn(CC(C)C)c3C)cs2)cc1. The van der Waals surface area contributed by atoms with Gasteiger partial charge in [0, 0.05) is 41.7 Å². The van der Waals surface area contributed by atoms with Crippen molar-refractivity contribution in [1.29, 1.82) is 0 Å². The Hall–Kier alpha value is -2.47. The van der Waals surface area contributed by atoms with Crippen LogP contribution in [0.3, 0.4) is 0 Å². The summed E-state index contributed by atoms with van der Waals surface area (Å²) in [5, 5.41) is 10.7. The maximum Gasteiger partial charge on any atom is 0.224 e. The van der Waals surface area contributed by atoms with E-state index in [-0.39, 0.29) is 5.91 Å². The highest BCUT2D eigenvalue weighted by Crippen LogP contribution is 2.24. The van der Waals surface area contributed by atoms with Gasteiger partial charge in [0.1, 0.15) is 5.01 Å². The van der Waals surface area contributed by atoms with Crippen LogP contribution in [0.4, 0.5) is 0 Å². The van der Waals surface area contributed by atoms with Gasteiger partial charge < -0.3 is 5.32 Å². The van der Waals surface area contributed by atoms with E-state index in [2.05, 4.69) is 60.8 Å². The zero-order valence-corrected chi connectivity index (χ0v) is 18.8. The molecular weight excluding hydrogens is 380 g/mol. The molecule has 6 heteroatoms. The van der Waals surface area contributed by atoms with Gasteiger partial charge in [0.05, 0.1) is 17.8 Å². The maximum absolute atomic E-state index is 12.4. The highest BCUT2D eigenvalue weighted by atomic mass is 32.1. The number of hydrogen-bond acceptors (Lipinski definition) is 4. The average molecular weight is 411 g/mol. The molecule has 0 bridgehead atoms. The molecule has 3 rings (SSSR count). The van der Waals surface area contributed by atoms with E-state index in [1.165, 1.54) is 5.56 Å². The molecule has 154 valence electrons. The van der Waals surface area contributed by atoms with Gasteiger partial charge in [0.15, 0.2) is 0 Å². The van der Waals surface area contributed by atoms with Crippen molar-refractivity contribution in [2.45, 2.75) is 54.0 Å². The number of carbonyl (C=O) groups is 1. The van der Waals surface area contributed by atoms with Crippen molar-refractivity contribution in [3.63, 3.8) is 0 Å². The largest absolute Gasteiger partial charge is 0.355 e. The van der Waals surface area contributed by atoms with Crippen LogP contribution < -0.4 is 5.32 Å². The van der Waals surface area contributed by atoms with E-state index in [9.17, 15) is 4.79 Å². The van der Waals surface area contributed by atoms with Crippen molar-refractivity contribution in [3.8, 4) is 10.6 Å². The van der Waals surface area contributed by atoms with Crippen LogP contribution in [-0.4, -0.2) is 27.2 Å². The highest BCUT2D eigenvalue weighted by Gasteiger charge is 2.15. The first-order valence-corrected chi connectivity index (χ1v) is 11.0. The third-order valence-corrected chi connectivity index (χ3v) is 5.90. The molecule has 0 aliphatic heterocycles. The van der Waals surface area contributed by atoms with Crippen LogP contribution in [0.15, 0.2) is 29.6 Å². The molecule has 1 amide bonds. The summed E-state index contributed by atoms with van der Waals surface area (Å²) in [7, 11) is 0. The minimum absolute atomic E-state index is 0.0364. The Morgan fingerprint density at radius 2 is 1.90 bits per heavy atom. The molecule has 2 aromatic heterocycles. The normalized spacial score (nSPS) is 11.2. The molecule has 0 fully saturated rings. The fraction of sp³-hybridized carbons (Fsp3) is 0.435. The number of amides is 1. The van der Waals surface area contributed by atoms with E-state index in [0.29, 0.717) is 18.9 Å². The van der Waals surface area contributed by atoms with E-state index in [4.69, 9.17) is 4.98 Å². The molecule has 2 heterocycles. The molecule has 0 spiro atoms. The molecule has 0 saturated heterocycles. The zero-order chi connectivity index (χ0) is 21.0. The minimum Gasteiger partial charge on any atom is -0.355 e. The summed E-state index contributed by atoms with van der Waals surface area (Å²) in [6.07, 6.45) is 1.11. The van der Waals surface area contributed by atoms with Gasteiger partial charge in [-0.25, -0.2) is 4.98 Å². The van der Waals surface area contributed by atoms with Crippen LogP contribution in [0.25, 0.3) is 10.6 Å². The summed E-state index contributed by atoms with van der Waals surface area (Å²) in [6, 6.07) is 8.40. The van der Waals surface area contributed by atoms with E-state index in [1.807, 2.05) is 18.5 Å². The summed E-state index contributed by atoms with van der Waals surface area (Å²) in [4.78, 5) is 17.1. The number of hydrogen-bond donors (Lipinski definition) is 1. The highest BCUT2D eigenvalue weighted by molar-refractivity contribution is 7.13. The van der Waals surface area contributed by atoms with Gasteiger partial charge in [-0.15, -0.1) is 11.3 Å². The lowest BCUT2D eigenvalue weighted by Gasteiger charge is -2.08. The lowest BCUT2D eigenvalue weighted by atomic mass is 10.1. The summed E-state index contributed by atoms with van der Waals surface area (Å²) >= 11 is 1.65. The van der Waals surface area contributed by atoms with Gasteiger partial charge in [-0.3, -0.25) is 9.48 Å². The molecule has 5 nitrogen and oxygen atoms in total. The van der Waals surface area contributed by atoms with Crippen molar-refractivity contribution in [2.24, 2.45) is 5.92 Å². The molecule has 29 heavy (non-hydrogen) atoms. The predicted octanol–water partition coefficient (Wildman–Crippen LogP) is 4.49. The van der Waals surface area contributed by atoms with Crippen molar-refractivity contribution < 1.29 is 4.79 Å². The Kier molecular flexibility index (Phi) is 6.85. The summed E-state index contributed by atoms with van der Waals surface area (Å²) in [5.41, 5.74) is 6.48. The van der Waals surface area contributed by atoms with Gasteiger partial charge in [0.25, 0.3) is 0 Å². The van der Waals surface area contributed by atoms with Crippen LogP contribution >= 0.6 is 11.3 Å². The second-order valence-electron chi connectivity index (χ2n) is 8.01. The Bertz CT molecular complexity index is 969. The number of benzene rings is 1. The Labute approximate surface area is 177 Å². The van der Waals surface area contributed by atoms with Gasteiger partial charge in [-0.2, -0.15) is 5.10 Å². The van der Waals surface area contributed by atoms with Crippen molar-refractivity contribution >= 4 is 17.2 Å². The second kappa shape index (κ2) is 9.35. The lowest BCUT2D eigenvalue weighted by Crippen LogP contribution is -2.27.